The summed E-state index contributed by atoms with van der Waals surface area (Å²) in [5.74, 6) is 0.0374. The molecule has 4 rings (SSSR count). The molecule has 0 saturated carbocycles. The lowest BCUT2D eigenvalue weighted by molar-refractivity contribution is -0.135. The highest BCUT2D eigenvalue weighted by Crippen LogP contribution is 2.36. The number of carbonyl (C=O) groups is 2. The summed E-state index contributed by atoms with van der Waals surface area (Å²) in [6, 6.07) is 5.40. The Bertz CT molecular complexity index is 814. The molecule has 0 spiro atoms. The van der Waals surface area contributed by atoms with Gasteiger partial charge in [-0.25, -0.2) is 4.98 Å². The Balaban J connectivity index is 1.64. The van der Waals surface area contributed by atoms with Crippen LogP contribution in [-0.4, -0.2) is 40.3 Å². The van der Waals surface area contributed by atoms with Crippen molar-refractivity contribution in [2.75, 3.05) is 19.0 Å². The van der Waals surface area contributed by atoms with Crippen LogP contribution in [0.4, 0.5) is 5.69 Å². The van der Waals surface area contributed by atoms with Crippen LogP contribution in [0.2, 0.25) is 0 Å². The van der Waals surface area contributed by atoms with Crippen molar-refractivity contribution in [1.29, 1.82) is 0 Å². The van der Waals surface area contributed by atoms with Crippen LogP contribution in [-0.2, 0) is 22.6 Å². The van der Waals surface area contributed by atoms with Crippen LogP contribution in [0.5, 0.6) is 5.75 Å². The molecular weight excluding hydrogens is 308 g/mol. The molecule has 124 valence electrons. The summed E-state index contributed by atoms with van der Waals surface area (Å²) < 4.78 is 5.27. The van der Waals surface area contributed by atoms with Crippen LogP contribution in [0.3, 0.4) is 0 Å². The second kappa shape index (κ2) is 5.67. The van der Waals surface area contributed by atoms with Gasteiger partial charge in [-0.2, -0.15) is 0 Å². The van der Waals surface area contributed by atoms with E-state index in [-0.39, 0.29) is 18.2 Å². The molecule has 0 radical (unpaired) electrons. The van der Waals surface area contributed by atoms with Crippen LogP contribution in [0.15, 0.2) is 24.5 Å². The van der Waals surface area contributed by atoms with Crippen LogP contribution in [0.1, 0.15) is 29.3 Å². The van der Waals surface area contributed by atoms with Gasteiger partial charge in [0.05, 0.1) is 37.3 Å². The zero-order chi connectivity index (χ0) is 16.7. The number of aromatic nitrogens is 2. The molecule has 2 aromatic rings. The Morgan fingerprint density at radius 1 is 1.42 bits per heavy atom. The van der Waals surface area contributed by atoms with Crippen molar-refractivity contribution in [1.82, 2.24) is 14.9 Å². The van der Waals surface area contributed by atoms with Gasteiger partial charge in [0.2, 0.25) is 11.8 Å². The lowest BCUT2D eigenvalue weighted by Crippen LogP contribution is -2.41. The summed E-state index contributed by atoms with van der Waals surface area (Å²) >= 11 is 0. The number of benzene rings is 1. The lowest BCUT2D eigenvalue weighted by Gasteiger charge is -2.32. The minimum Gasteiger partial charge on any atom is -0.497 e. The second-order valence-corrected chi connectivity index (χ2v) is 6.10. The number of imidazole rings is 1. The molecule has 2 aliphatic rings. The fourth-order valence-electron chi connectivity index (χ4n) is 3.41. The molecule has 2 amide bonds. The van der Waals surface area contributed by atoms with E-state index < -0.39 is 5.92 Å². The fraction of sp³-hybridized carbons (Fsp3) is 0.353. The van der Waals surface area contributed by atoms with E-state index >= 15 is 0 Å². The third kappa shape index (κ3) is 2.42. The Morgan fingerprint density at radius 2 is 2.29 bits per heavy atom. The molecule has 7 nitrogen and oxygen atoms in total. The van der Waals surface area contributed by atoms with Gasteiger partial charge in [0.1, 0.15) is 5.75 Å². The number of hydrogen-bond acceptors (Lipinski definition) is 4. The van der Waals surface area contributed by atoms with Crippen molar-refractivity contribution in [3.8, 4) is 5.75 Å². The number of fused-ring (bicyclic) bond motifs is 2. The molecule has 2 N–H and O–H groups in total. The summed E-state index contributed by atoms with van der Waals surface area (Å²) in [5, 5.41) is 2.83. The number of H-pyrrole nitrogens is 1. The van der Waals surface area contributed by atoms with Crippen molar-refractivity contribution in [3.05, 3.63) is 41.5 Å². The largest absolute Gasteiger partial charge is 0.497 e. The Labute approximate surface area is 139 Å². The van der Waals surface area contributed by atoms with Gasteiger partial charge >= 0.3 is 0 Å². The molecule has 0 saturated heterocycles. The number of nitrogens with zero attached hydrogens (tertiary/aromatic N) is 2. The number of amides is 2. The Kier molecular flexibility index (Phi) is 3.48. The average Bonchev–Trinajstić information content (AvgIpc) is 3.07. The highest BCUT2D eigenvalue weighted by Gasteiger charge is 2.35. The third-order valence-electron chi connectivity index (χ3n) is 4.68. The zero-order valence-corrected chi connectivity index (χ0v) is 13.3. The topological polar surface area (TPSA) is 87.3 Å². The van der Waals surface area contributed by atoms with E-state index in [9.17, 15) is 9.59 Å². The van der Waals surface area contributed by atoms with Crippen LogP contribution in [0, 0.1) is 0 Å². The standard InChI is InChI=1S/C17H18N4O3/c1-24-10-2-3-13-11(6-10)12(7-16(22)20-13)17(23)21-5-4-14-15(8-21)19-9-18-14/h2-3,6,9,12H,4-5,7-8H2,1H3,(H,18,19)(H,20,22)/t12-/m0/s1. The molecule has 24 heavy (non-hydrogen) atoms. The van der Waals surface area contributed by atoms with Crippen molar-refractivity contribution in [2.45, 2.75) is 25.3 Å². The first kappa shape index (κ1) is 14.7. The van der Waals surface area contributed by atoms with Gasteiger partial charge in [0.15, 0.2) is 0 Å². The van der Waals surface area contributed by atoms with Gasteiger partial charge < -0.3 is 19.9 Å². The number of nitrogens with one attached hydrogen (secondary N) is 2. The van der Waals surface area contributed by atoms with Gasteiger partial charge in [0, 0.05) is 25.1 Å². The van der Waals surface area contributed by atoms with Crippen molar-refractivity contribution in [2.24, 2.45) is 0 Å². The van der Waals surface area contributed by atoms with E-state index in [2.05, 4.69) is 15.3 Å². The summed E-state index contributed by atoms with van der Waals surface area (Å²) in [6.45, 7) is 1.12. The predicted molar refractivity (Wildman–Crippen MR) is 86.7 cm³/mol. The second-order valence-electron chi connectivity index (χ2n) is 6.10. The van der Waals surface area contributed by atoms with Gasteiger partial charge in [-0.15, -0.1) is 0 Å². The Hall–Kier alpha value is -2.83. The highest BCUT2D eigenvalue weighted by molar-refractivity contribution is 6.01. The Morgan fingerprint density at radius 3 is 3.12 bits per heavy atom. The molecule has 0 unspecified atom stereocenters. The zero-order valence-electron chi connectivity index (χ0n) is 13.3. The first-order chi connectivity index (χ1) is 11.7. The molecule has 7 heteroatoms. The highest BCUT2D eigenvalue weighted by atomic mass is 16.5. The van der Waals surface area contributed by atoms with Crippen molar-refractivity contribution in [3.63, 3.8) is 0 Å². The smallest absolute Gasteiger partial charge is 0.231 e. The summed E-state index contributed by atoms with van der Waals surface area (Å²) in [6.07, 6.45) is 2.55. The van der Waals surface area contributed by atoms with E-state index in [0.717, 1.165) is 23.4 Å². The van der Waals surface area contributed by atoms with E-state index in [4.69, 9.17) is 4.74 Å². The van der Waals surface area contributed by atoms with E-state index in [1.807, 2.05) is 6.07 Å². The molecule has 3 heterocycles. The maximum Gasteiger partial charge on any atom is 0.231 e. The number of anilines is 1. The normalized spacial score (nSPS) is 19.3. The van der Waals surface area contributed by atoms with Gasteiger partial charge in [-0.1, -0.05) is 0 Å². The molecule has 0 fully saturated rings. The minimum atomic E-state index is -0.478. The number of aromatic amines is 1. The number of hydrogen-bond donors (Lipinski definition) is 2. The first-order valence-corrected chi connectivity index (χ1v) is 7.93. The van der Waals surface area contributed by atoms with E-state index in [0.29, 0.717) is 24.5 Å². The fourth-order valence-corrected chi connectivity index (χ4v) is 3.41. The molecule has 0 aliphatic carbocycles. The van der Waals surface area contributed by atoms with Crippen molar-refractivity contribution >= 4 is 17.5 Å². The van der Waals surface area contributed by atoms with E-state index in [1.54, 1.807) is 30.5 Å². The van der Waals surface area contributed by atoms with E-state index in [1.165, 1.54) is 0 Å². The van der Waals surface area contributed by atoms with Crippen LogP contribution >= 0.6 is 0 Å². The maximum absolute atomic E-state index is 13.1. The van der Waals surface area contributed by atoms with Crippen LogP contribution in [0.25, 0.3) is 0 Å². The number of ether oxygens (including phenoxy) is 1. The summed E-state index contributed by atoms with van der Waals surface area (Å²) in [5.41, 5.74) is 3.49. The average molecular weight is 326 g/mol. The van der Waals surface area contributed by atoms with Gasteiger partial charge in [-0.3, -0.25) is 9.59 Å². The van der Waals surface area contributed by atoms with Gasteiger partial charge in [0.25, 0.3) is 0 Å². The number of methoxy groups -OCH3 is 1. The number of rotatable bonds is 2. The summed E-state index contributed by atoms with van der Waals surface area (Å²) in [4.78, 5) is 34.2. The molecular formula is C17H18N4O3. The molecule has 1 aromatic carbocycles. The number of carbonyl (C=O) groups excluding carboxylic acids is 2. The SMILES string of the molecule is COc1ccc2c(c1)[C@@H](C(=O)N1CCc3nc[nH]c3C1)CC(=O)N2. The minimum absolute atomic E-state index is 0.0281. The quantitative estimate of drug-likeness (QED) is 0.874. The molecule has 0 bridgehead atoms. The van der Waals surface area contributed by atoms with Crippen LogP contribution < -0.4 is 10.1 Å². The monoisotopic (exact) mass is 326 g/mol. The molecule has 1 atom stereocenters. The van der Waals surface area contributed by atoms with Crippen molar-refractivity contribution < 1.29 is 14.3 Å². The summed E-state index contributed by atoms with van der Waals surface area (Å²) in [7, 11) is 1.59. The molecule has 2 aliphatic heterocycles. The third-order valence-corrected chi connectivity index (χ3v) is 4.68. The van der Waals surface area contributed by atoms with Gasteiger partial charge in [-0.05, 0) is 23.8 Å². The maximum atomic E-state index is 13.1. The molecule has 1 aromatic heterocycles. The first-order valence-electron chi connectivity index (χ1n) is 7.93. The lowest BCUT2D eigenvalue weighted by atomic mass is 9.88. The predicted octanol–water partition coefficient (Wildman–Crippen LogP) is 1.43.